The molecule has 0 aliphatic heterocycles. The number of carbonyl (C=O) groups is 1. The summed E-state index contributed by atoms with van der Waals surface area (Å²) in [5, 5.41) is 0. The summed E-state index contributed by atoms with van der Waals surface area (Å²) in [6.07, 6.45) is 4.11. The van der Waals surface area contributed by atoms with Gasteiger partial charge in [0.15, 0.2) is 0 Å². The van der Waals surface area contributed by atoms with Gasteiger partial charge in [-0.1, -0.05) is 6.92 Å². The number of hydrogen-bond donors (Lipinski definition) is 0. The van der Waals surface area contributed by atoms with Gasteiger partial charge in [-0.05, 0) is 31.7 Å². The molecule has 0 aromatic rings. The second-order valence-corrected chi connectivity index (χ2v) is 4.85. The van der Waals surface area contributed by atoms with E-state index in [9.17, 15) is 4.79 Å². The third-order valence-electron chi connectivity index (χ3n) is 3.64. The highest BCUT2D eigenvalue weighted by atomic mass is 16.1. The van der Waals surface area contributed by atoms with E-state index < -0.39 is 0 Å². The van der Waals surface area contributed by atoms with Crippen molar-refractivity contribution < 1.29 is 4.79 Å². The lowest BCUT2D eigenvalue weighted by Crippen LogP contribution is -2.31. The number of Topliss-reactive ketones (excluding diaryl/α,β-unsaturated/α-hetero) is 1. The minimum absolute atomic E-state index is 0.459. The van der Waals surface area contributed by atoms with Crippen molar-refractivity contribution in [2.45, 2.75) is 38.6 Å². The van der Waals surface area contributed by atoms with Gasteiger partial charge >= 0.3 is 0 Å². The van der Waals surface area contributed by atoms with Gasteiger partial charge in [0, 0.05) is 25.4 Å². The summed E-state index contributed by atoms with van der Waals surface area (Å²) in [5.74, 6) is 2.31. The first kappa shape index (κ1) is 9.20. The number of nitrogens with zero attached hydrogens (tertiary/aromatic N) is 1. The number of hydrogen-bond acceptors (Lipinski definition) is 2. The molecule has 2 fully saturated rings. The van der Waals surface area contributed by atoms with Gasteiger partial charge < -0.3 is 4.90 Å². The summed E-state index contributed by atoms with van der Waals surface area (Å²) in [6, 6.07) is 0.556. The third kappa shape index (κ3) is 2.11. The topological polar surface area (TPSA) is 20.3 Å². The van der Waals surface area contributed by atoms with Crippen LogP contribution in [0.5, 0.6) is 0 Å². The summed E-state index contributed by atoms with van der Waals surface area (Å²) in [4.78, 5) is 13.5. The van der Waals surface area contributed by atoms with Gasteiger partial charge in [-0.25, -0.2) is 0 Å². The monoisotopic (exact) mass is 181 g/mol. The molecule has 0 radical (unpaired) electrons. The second kappa shape index (κ2) is 3.41. The highest BCUT2D eigenvalue weighted by molar-refractivity contribution is 5.81. The molecule has 0 spiro atoms. The maximum absolute atomic E-state index is 11.1. The Morgan fingerprint density at radius 1 is 1.54 bits per heavy atom. The summed E-state index contributed by atoms with van der Waals surface area (Å²) >= 11 is 0. The molecule has 0 saturated heterocycles. The largest absolute Gasteiger partial charge is 0.303 e. The van der Waals surface area contributed by atoms with Crippen LogP contribution in [0.2, 0.25) is 0 Å². The van der Waals surface area contributed by atoms with Crippen molar-refractivity contribution in [3.05, 3.63) is 0 Å². The van der Waals surface area contributed by atoms with E-state index in [4.69, 9.17) is 0 Å². The Hall–Kier alpha value is -0.370. The standard InChI is InChI=1S/C11H19NO/c1-8-5-9(8)7-12(2)10-3-4-11(13)6-10/h8-10H,3-7H2,1-2H3. The molecule has 13 heavy (non-hydrogen) atoms. The Balaban J connectivity index is 1.76. The van der Waals surface area contributed by atoms with Crippen molar-refractivity contribution in [3.8, 4) is 0 Å². The van der Waals surface area contributed by atoms with Gasteiger partial charge in [0.1, 0.15) is 5.78 Å². The first-order chi connectivity index (χ1) is 6.16. The maximum Gasteiger partial charge on any atom is 0.134 e. The zero-order chi connectivity index (χ0) is 9.42. The van der Waals surface area contributed by atoms with Gasteiger partial charge in [0.25, 0.3) is 0 Å². The van der Waals surface area contributed by atoms with Crippen LogP contribution in [-0.4, -0.2) is 30.3 Å². The molecular weight excluding hydrogens is 162 g/mol. The van der Waals surface area contributed by atoms with Crippen LogP contribution in [0.3, 0.4) is 0 Å². The molecule has 2 aliphatic carbocycles. The normalized spacial score (nSPS) is 38.7. The van der Waals surface area contributed by atoms with E-state index in [-0.39, 0.29) is 0 Å². The molecule has 74 valence electrons. The van der Waals surface area contributed by atoms with E-state index in [1.54, 1.807) is 0 Å². The van der Waals surface area contributed by atoms with Crippen molar-refractivity contribution in [2.75, 3.05) is 13.6 Å². The fraction of sp³-hybridized carbons (Fsp3) is 0.909. The van der Waals surface area contributed by atoms with E-state index >= 15 is 0 Å². The lowest BCUT2D eigenvalue weighted by Gasteiger charge is -2.23. The number of carbonyl (C=O) groups excluding carboxylic acids is 1. The van der Waals surface area contributed by atoms with Gasteiger partial charge in [0.05, 0.1) is 0 Å². The Kier molecular flexibility index (Phi) is 2.41. The minimum Gasteiger partial charge on any atom is -0.303 e. The van der Waals surface area contributed by atoms with Crippen LogP contribution in [0, 0.1) is 11.8 Å². The van der Waals surface area contributed by atoms with Crippen molar-refractivity contribution >= 4 is 5.78 Å². The van der Waals surface area contributed by atoms with Crippen molar-refractivity contribution in [1.82, 2.24) is 4.90 Å². The van der Waals surface area contributed by atoms with Crippen LogP contribution in [-0.2, 0) is 4.79 Å². The Morgan fingerprint density at radius 2 is 2.23 bits per heavy atom. The molecule has 2 aliphatic rings. The van der Waals surface area contributed by atoms with Gasteiger partial charge in [-0.2, -0.15) is 0 Å². The highest BCUT2D eigenvalue weighted by Gasteiger charge is 2.35. The second-order valence-electron chi connectivity index (χ2n) is 4.85. The minimum atomic E-state index is 0.459. The number of rotatable bonds is 3. The van der Waals surface area contributed by atoms with E-state index in [2.05, 4.69) is 18.9 Å². The van der Waals surface area contributed by atoms with Crippen LogP contribution in [0.1, 0.15) is 32.6 Å². The fourth-order valence-electron chi connectivity index (χ4n) is 2.34. The molecule has 3 atom stereocenters. The van der Waals surface area contributed by atoms with Gasteiger partial charge in [-0.3, -0.25) is 4.79 Å². The predicted molar refractivity (Wildman–Crippen MR) is 52.5 cm³/mol. The first-order valence-electron chi connectivity index (χ1n) is 5.38. The molecule has 2 rings (SSSR count). The van der Waals surface area contributed by atoms with Gasteiger partial charge in [-0.15, -0.1) is 0 Å². The molecule has 3 unspecified atom stereocenters. The molecule has 0 bridgehead atoms. The van der Waals surface area contributed by atoms with E-state index in [1.165, 1.54) is 13.0 Å². The highest BCUT2D eigenvalue weighted by Crippen LogP contribution is 2.38. The van der Waals surface area contributed by atoms with Crippen LogP contribution in [0.4, 0.5) is 0 Å². The third-order valence-corrected chi connectivity index (χ3v) is 3.64. The van der Waals surface area contributed by atoms with Crippen molar-refractivity contribution in [2.24, 2.45) is 11.8 Å². The lowest BCUT2D eigenvalue weighted by molar-refractivity contribution is -0.117. The van der Waals surface area contributed by atoms with Crippen molar-refractivity contribution in [1.29, 1.82) is 0 Å². The van der Waals surface area contributed by atoms with Crippen LogP contribution in [0.25, 0.3) is 0 Å². The summed E-state index contributed by atoms with van der Waals surface area (Å²) < 4.78 is 0. The van der Waals surface area contributed by atoms with E-state index in [0.29, 0.717) is 11.8 Å². The molecule has 0 N–H and O–H groups in total. The molecule has 2 heteroatoms. The van der Waals surface area contributed by atoms with Crippen LogP contribution >= 0.6 is 0 Å². The zero-order valence-corrected chi connectivity index (χ0v) is 8.62. The lowest BCUT2D eigenvalue weighted by atomic mass is 10.2. The molecular formula is C11H19NO. The van der Waals surface area contributed by atoms with Crippen LogP contribution < -0.4 is 0 Å². The average molecular weight is 181 g/mol. The smallest absolute Gasteiger partial charge is 0.134 e. The summed E-state index contributed by atoms with van der Waals surface area (Å²) in [6.45, 7) is 3.53. The van der Waals surface area contributed by atoms with Gasteiger partial charge in [0.2, 0.25) is 0 Å². The van der Waals surface area contributed by atoms with E-state index in [0.717, 1.165) is 31.1 Å². The molecule has 0 aromatic heterocycles. The molecule has 0 heterocycles. The fourth-order valence-corrected chi connectivity index (χ4v) is 2.34. The Morgan fingerprint density at radius 3 is 2.69 bits per heavy atom. The summed E-state index contributed by atoms with van der Waals surface area (Å²) in [5.41, 5.74) is 0. The molecule has 2 saturated carbocycles. The molecule has 0 amide bonds. The SMILES string of the molecule is CC1CC1CN(C)C1CCC(=O)C1. The quantitative estimate of drug-likeness (QED) is 0.660. The molecule has 2 nitrogen and oxygen atoms in total. The first-order valence-corrected chi connectivity index (χ1v) is 5.38. The molecule has 0 aromatic carbocycles. The average Bonchev–Trinajstić information content (AvgIpc) is 2.62. The number of ketones is 1. The Labute approximate surface area is 80.3 Å². The predicted octanol–water partition coefficient (Wildman–Crippen LogP) is 1.70. The van der Waals surface area contributed by atoms with Crippen molar-refractivity contribution in [3.63, 3.8) is 0 Å². The summed E-state index contributed by atoms with van der Waals surface area (Å²) in [7, 11) is 2.17. The zero-order valence-electron chi connectivity index (χ0n) is 8.62. The Bertz CT molecular complexity index is 214. The maximum atomic E-state index is 11.1. The van der Waals surface area contributed by atoms with E-state index in [1.807, 2.05) is 0 Å². The van der Waals surface area contributed by atoms with Crippen LogP contribution in [0.15, 0.2) is 0 Å².